The lowest BCUT2D eigenvalue weighted by Gasteiger charge is -2.26. The van der Waals surface area contributed by atoms with E-state index in [4.69, 9.17) is 0 Å². The summed E-state index contributed by atoms with van der Waals surface area (Å²) < 4.78 is 41.1. The third kappa shape index (κ3) is 5.64. The summed E-state index contributed by atoms with van der Waals surface area (Å²) in [7, 11) is 0. The first-order chi connectivity index (χ1) is 12.9. The van der Waals surface area contributed by atoms with Crippen molar-refractivity contribution in [3.63, 3.8) is 0 Å². The van der Waals surface area contributed by atoms with Crippen LogP contribution in [0, 0.1) is 0 Å². The van der Waals surface area contributed by atoms with Gasteiger partial charge in [-0.05, 0) is 48.1 Å². The Balaban J connectivity index is 1.48. The van der Waals surface area contributed by atoms with E-state index in [1.165, 1.54) is 17.7 Å². The molecule has 0 saturated heterocycles. The molecule has 0 heterocycles. The van der Waals surface area contributed by atoms with Gasteiger partial charge in [0.05, 0.1) is 6.04 Å². The summed E-state index contributed by atoms with van der Waals surface area (Å²) in [6.07, 6.45) is -1.41. The highest BCUT2D eigenvalue weighted by Crippen LogP contribution is 2.29. The van der Waals surface area contributed by atoms with Crippen molar-refractivity contribution in [2.24, 2.45) is 0 Å². The van der Waals surface area contributed by atoms with Crippen LogP contribution in [0.3, 0.4) is 0 Å². The number of ether oxygens (including phenoxy) is 1. The van der Waals surface area contributed by atoms with Crippen LogP contribution in [0.25, 0.3) is 0 Å². The lowest BCUT2D eigenvalue weighted by molar-refractivity contribution is -0.153. The molecule has 0 bridgehead atoms. The van der Waals surface area contributed by atoms with E-state index >= 15 is 0 Å². The fraction of sp³-hybridized carbons (Fsp3) is 0.350. The molecule has 2 aromatic carbocycles. The quantitative estimate of drug-likeness (QED) is 0.805. The van der Waals surface area contributed by atoms with Crippen molar-refractivity contribution in [3.05, 3.63) is 65.2 Å². The average Bonchev–Trinajstić information content (AvgIpc) is 2.65. The summed E-state index contributed by atoms with van der Waals surface area (Å²) in [5.41, 5.74) is 3.20. The van der Waals surface area contributed by atoms with Crippen LogP contribution in [-0.2, 0) is 13.0 Å². The molecule has 0 spiro atoms. The largest absolute Gasteiger partial charge is 0.484 e. The Morgan fingerprint density at radius 1 is 1.11 bits per heavy atom. The highest BCUT2D eigenvalue weighted by molar-refractivity contribution is 5.74. The number of fused-ring (bicyclic) bond motifs is 1. The average molecular weight is 378 g/mol. The van der Waals surface area contributed by atoms with Gasteiger partial charge >= 0.3 is 12.2 Å². The van der Waals surface area contributed by atoms with Crippen LogP contribution in [0.2, 0.25) is 0 Å². The van der Waals surface area contributed by atoms with Gasteiger partial charge in [-0.1, -0.05) is 36.4 Å². The Bertz CT molecular complexity index is 776. The number of rotatable bonds is 5. The molecule has 1 unspecified atom stereocenters. The maximum absolute atomic E-state index is 12.2. The number of benzene rings is 2. The molecule has 27 heavy (non-hydrogen) atoms. The molecule has 0 radical (unpaired) electrons. The maximum atomic E-state index is 12.2. The highest BCUT2D eigenvalue weighted by Gasteiger charge is 2.28. The topological polar surface area (TPSA) is 50.4 Å². The summed E-state index contributed by atoms with van der Waals surface area (Å²) in [4.78, 5) is 12.2. The second-order valence-corrected chi connectivity index (χ2v) is 6.52. The SMILES string of the molecule is O=C(NCc1ccc(OCC(F)(F)F)cc1)NC1CCCc2ccccc21. The molecule has 144 valence electrons. The van der Waals surface area contributed by atoms with Gasteiger partial charge in [-0.2, -0.15) is 13.2 Å². The minimum atomic E-state index is -4.37. The van der Waals surface area contributed by atoms with Crippen molar-refractivity contribution >= 4 is 6.03 Å². The number of aryl methyl sites for hydroxylation is 1. The van der Waals surface area contributed by atoms with Crippen LogP contribution in [0.4, 0.5) is 18.0 Å². The van der Waals surface area contributed by atoms with Crippen molar-refractivity contribution in [1.29, 1.82) is 0 Å². The number of hydrogen-bond acceptors (Lipinski definition) is 2. The fourth-order valence-corrected chi connectivity index (χ4v) is 3.16. The summed E-state index contributed by atoms with van der Waals surface area (Å²) >= 11 is 0. The van der Waals surface area contributed by atoms with Gasteiger partial charge in [0.15, 0.2) is 6.61 Å². The van der Waals surface area contributed by atoms with Crippen LogP contribution in [0.1, 0.15) is 35.6 Å². The number of hydrogen-bond donors (Lipinski definition) is 2. The van der Waals surface area contributed by atoms with E-state index in [1.807, 2.05) is 18.2 Å². The first-order valence-corrected chi connectivity index (χ1v) is 8.81. The highest BCUT2D eigenvalue weighted by atomic mass is 19.4. The number of carbonyl (C=O) groups excluding carboxylic acids is 1. The van der Waals surface area contributed by atoms with Crippen molar-refractivity contribution < 1.29 is 22.7 Å². The van der Waals surface area contributed by atoms with E-state index in [2.05, 4.69) is 21.4 Å². The summed E-state index contributed by atoms with van der Waals surface area (Å²) in [5, 5.41) is 5.78. The molecular formula is C20H21F3N2O2. The summed E-state index contributed by atoms with van der Waals surface area (Å²) in [6, 6.07) is 14.0. The maximum Gasteiger partial charge on any atom is 0.422 e. The molecule has 1 aliphatic rings. The Kier molecular flexibility index (Phi) is 5.88. The van der Waals surface area contributed by atoms with Gasteiger partial charge in [-0.25, -0.2) is 4.79 Å². The number of amides is 2. The molecule has 2 aromatic rings. The van der Waals surface area contributed by atoms with Crippen LogP contribution >= 0.6 is 0 Å². The van der Waals surface area contributed by atoms with Crippen molar-refractivity contribution in [2.45, 2.75) is 38.0 Å². The van der Waals surface area contributed by atoms with E-state index in [-0.39, 0.29) is 24.4 Å². The number of alkyl halides is 3. The van der Waals surface area contributed by atoms with Crippen LogP contribution < -0.4 is 15.4 Å². The van der Waals surface area contributed by atoms with Crippen LogP contribution in [0.15, 0.2) is 48.5 Å². The van der Waals surface area contributed by atoms with E-state index < -0.39 is 12.8 Å². The van der Waals surface area contributed by atoms with Gasteiger partial charge in [-0.15, -0.1) is 0 Å². The molecule has 2 amide bonds. The monoisotopic (exact) mass is 378 g/mol. The minimum absolute atomic E-state index is 0.00639. The van der Waals surface area contributed by atoms with Crippen LogP contribution in [-0.4, -0.2) is 18.8 Å². The Hall–Kier alpha value is -2.70. The standard InChI is InChI=1S/C20H21F3N2O2/c21-20(22,23)13-27-16-10-8-14(9-11-16)12-24-19(26)25-18-7-3-5-15-4-1-2-6-17(15)18/h1-2,4,6,8-11,18H,3,5,7,12-13H2,(H2,24,25,26). The zero-order valence-corrected chi connectivity index (χ0v) is 14.7. The van der Waals surface area contributed by atoms with Gasteiger partial charge in [-0.3, -0.25) is 0 Å². The van der Waals surface area contributed by atoms with Crippen molar-refractivity contribution in [2.75, 3.05) is 6.61 Å². The Labute approximate surface area is 155 Å². The predicted octanol–water partition coefficient (Wildman–Crippen LogP) is 4.50. The second kappa shape index (κ2) is 8.33. The van der Waals surface area contributed by atoms with Crippen molar-refractivity contribution in [3.8, 4) is 5.75 Å². The zero-order valence-electron chi connectivity index (χ0n) is 14.7. The van der Waals surface area contributed by atoms with Gasteiger partial charge in [0.2, 0.25) is 0 Å². The lowest BCUT2D eigenvalue weighted by atomic mass is 9.88. The first kappa shape index (κ1) is 19.1. The van der Waals surface area contributed by atoms with Crippen molar-refractivity contribution in [1.82, 2.24) is 10.6 Å². The molecule has 0 aromatic heterocycles. The second-order valence-electron chi connectivity index (χ2n) is 6.52. The molecule has 1 atom stereocenters. The summed E-state index contributed by atoms with van der Waals surface area (Å²) in [6.45, 7) is -1.05. The van der Waals surface area contributed by atoms with Gasteiger partial charge in [0.1, 0.15) is 5.75 Å². The number of urea groups is 1. The van der Waals surface area contributed by atoms with E-state index in [1.54, 1.807) is 12.1 Å². The number of nitrogens with one attached hydrogen (secondary N) is 2. The Morgan fingerprint density at radius 2 is 1.85 bits per heavy atom. The molecule has 1 aliphatic carbocycles. The smallest absolute Gasteiger partial charge is 0.422 e. The normalized spacial score (nSPS) is 16.3. The van der Waals surface area contributed by atoms with E-state index in [0.717, 1.165) is 30.4 Å². The lowest BCUT2D eigenvalue weighted by Crippen LogP contribution is -2.38. The third-order valence-electron chi connectivity index (χ3n) is 4.45. The van der Waals surface area contributed by atoms with Gasteiger partial charge < -0.3 is 15.4 Å². The fourth-order valence-electron chi connectivity index (χ4n) is 3.16. The molecule has 4 nitrogen and oxygen atoms in total. The third-order valence-corrected chi connectivity index (χ3v) is 4.45. The molecule has 2 N–H and O–H groups in total. The zero-order chi connectivity index (χ0) is 19.3. The molecule has 3 rings (SSSR count). The first-order valence-electron chi connectivity index (χ1n) is 8.81. The van der Waals surface area contributed by atoms with Crippen LogP contribution in [0.5, 0.6) is 5.75 Å². The molecule has 7 heteroatoms. The predicted molar refractivity (Wildman–Crippen MR) is 95.5 cm³/mol. The number of halogens is 3. The molecule has 0 aliphatic heterocycles. The number of carbonyl (C=O) groups is 1. The molecule has 0 saturated carbocycles. The molecular weight excluding hydrogens is 357 g/mol. The summed E-state index contributed by atoms with van der Waals surface area (Å²) in [5.74, 6) is 0.138. The Morgan fingerprint density at radius 3 is 2.59 bits per heavy atom. The van der Waals surface area contributed by atoms with Gasteiger partial charge in [0, 0.05) is 6.54 Å². The van der Waals surface area contributed by atoms with E-state index in [0.29, 0.717) is 0 Å². The molecule has 0 fully saturated rings. The van der Waals surface area contributed by atoms with E-state index in [9.17, 15) is 18.0 Å². The minimum Gasteiger partial charge on any atom is -0.484 e. The van der Waals surface area contributed by atoms with Gasteiger partial charge in [0.25, 0.3) is 0 Å².